The van der Waals surface area contributed by atoms with E-state index in [0.717, 1.165) is 29.6 Å². The van der Waals surface area contributed by atoms with E-state index in [1.165, 1.54) is 16.9 Å². The fourth-order valence-electron chi connectivity index (χ4n) is 2.12. The number of aromatic nitrogens is 2. The number of halogens is 1. The van der Waals surface area contributed by atoms with Crippen LogP contribution in [-0.4, -0.2) is 9.78 Å². The molecule has 0 bridgehead atoms. The topological polar surface area (TPSA) is 29.9 Å². The van der Waals surface area contributed by atoms with Crippen molar-refractivity contribution in [1.29, 1.82) is 0 Å². The van der Waals surface area contributed by atoms with Gasteiger partial charge in [0.2, 0.25) is 0 Å². The Morgan fingerprint density at radius 3 is 2.63 bits per heavy atom. The molecule has 0 spiro atoms. The monoisotopic (exact) mass is 321 g/mol. The SMILES string of the molecule is CCc1cc(CNc2ccc(Br)cc2CC)n(C)n1. The van der Waals surface area contributed by atoms with Crippen LogP contribution in [0.4, 0.5) is 5.69 Å². The van der Waals surface area contributed by atoms with Crippen LogP contribution in [-0.2, 0) is 26.4 Å². The minimum Gasteiger partial charge on any atom is -0.379 e. The fourth-order valence-corrected chi connectivity index (χ4v) is 2.53. The fraction of sp³-hybridized carbons (Fsp3) is 0.400. The van der Waals surface area contributed by atoms with Crippen molar-refractivity contribution in [3.63, 3.8) is 0 Å². The van der Waals surface area contributed by atoms with Gasteiger partial charge >= 0.3 is 0 Å². The predicted molar refractivity (Wildman–Crippen MR) is 83.4 cm³/mol. The highest BCUT2D eigenvalue weighted by molar-refractivity contribution is 9.10. The van der Waals surface area contributed by atoms with Crippen molar-refractivity contribution >= 4 is 21.6 Å². The van der Waals surface area contributed by atoms with Crippen LogP contribution in [0.5, 0.6) is 0 Å². The molecule has 1 heterocycles. The predicted octanol–water partition coefficient (Wildman–Crippen LogP) is 3.92. The lowest BCUT2D eigenvalue weighted by Gasteiger charge is -2.11. The van der Waals surface area contributed by atoms with Gasteiger partial charge in [0.05, 0.1) is 17.9 Å². The molecule has 1 aromatic heterocycles. The number of nitrogens with zero attached hydrogens (tertiary/aromatic N) is 2. The largest absolute Gasteiger partial charge is 0.379 e. The molecule has 4 heteroatoms. The summed E-state index contributed by atoms with van der Waals surface area (Å²) in [7, 11) is 2.00. The summed E-state index contributed by atoms with van der Waals surface area (Å²) in [6, 6.07) is 8.53. The van der Waals surface area contributed by atoms with E-state index in [0.29, 0.717) is 0 Å². The molecule has 102 valence electrons. The molecule has 0 radical (unpaired) electrons. The van der Waals surface area contributed by atoms with Crippen molar-refractivity contribution in [2.24, 2.45) is 7.05 Å². The van der Waals surface area contributed by atoms with E-state index in [1.807, 2.05) is 11.7 Å². The lowest BCUT2D eigenvalue weighted by Crippen LogP contribution is -2.06. The first-order valence-corrected chi connectivity index (χ1v) is 7.47. The molecule has 0 aliphatic rings. The zero-order chi connectivity index (χ0) is 13.8. The second kappa shape index (κ2) is 6.24. The van der Waals surface area contributed by atoms with Crippen LogP contribution < -0.4 is 5.32 Å². The molecule has 0 amide bonds. The van der Waals surface area contributed by atoms with Gasteiger partial charge in [-0.2, -0.15) is 5.10 Å². The molecule has 0 aliphatic heterocycles. The maximum absolute atomic E-state index is 4.47. The summed E-state index contributed by atoms with van der Waals surface area (Å²) in [4.78, 5) is 0. The van der Waals surface area contributed by atoms with Crippen LogP contribution in [0.2, 0.25) is 0 Å². The molecule has 3 nitrogen and oxygen atoms in total. The van der Waals surface area contributed by atoms with Gasteiger partial charge in [-0.05, 0) is 42.7 Å². The molecule has 0 atom stereocenters. The molecule has 0 saturated carbocycles. The third-order valence-electron chi connectivity index (χ3n) is 3.30. The maximum atomic E-state index is 4.47. The Labute approximate surface area is 123 Å². The first-order chi connectivity index (χ1) is 9.13. The third-order valence-corrected chi connectivity index (χ3v) is 3.79. The number of anilines is 1. The van der Waals surface area contributed by atoms with Crippen LogP contribution in [0.1, 0.15) is 30.8 Å². The molecule has 1 N–H and O–H groups in total. The summed E-state index contributed by atoms with van der Waals surface area (Å²) in [6.45, 7) is 5.10. The number of rotatable bonds is 5. The van der Waals surface area contributed by atoms with Gasteiger partial charge in [-0.1, -0.05) is 29.8 Å². The molecular formula is C15H20BrN3. The summed E-state index contributed by atoms with van der Waals surface area (Å²) < 4.78 is 3.08. The lowest BCUT2D eigenvalue weighted by molar-refractivity contribution is 0.706. The second-order valence-corrected chi connectivity index (χ2v) is 5.53. The summed E-state index contributed by atoms with van der Waals surface area (Å²) >= 11 is 3.52. The number of aryl methyl sites for hydroxylation is 3. The van der Waals surface area contributed by atoms with Gasteiger partial charge in [-0.25, -0.2) is 0 Å². The molecule has 2 rings (SSSR count). The minimum absolute atomic E-state index is 0.804. The highest BCUT2D eigenvalue weighted by Crippen LogP contribution is 2.22. The van der Waals surface area contributed by atoms with E-state index >= 15 is 0 Å². The third kappa shape index (κ3) is 3.38. The van der Waals surface area contributed by atoms with E-state index in [9.17, 15) is 0 Å². The average molecular weight is 322 g/mol. The quantitative estimate of drug-likeness (QED) is 0.904. The Bertz CT molecular complexity index is 561. The van der Waals surface area contributed by atoms with Crippen LogP contribution in [0.15, 0.2) is 28.7 Å². The Hall–Kier alpha value is -1.29. The second-order valence-electron chi connectivity index (χ2n) is 4.61. The highest BCUT2D eigenvalue weighted by Gasteiger charge is 2.05. The summed E-state index contributed by atoms with van der Waals surface area (Å²) in [5.41, 5.74) is 4.88. The molecule has 0 saturated heterocycles. The van der Waals surface area contributed by atoms with Crippen LogP contribution >= 0.6 is 15.9 Å². The number of nitrogens with one attached hydrogen (secondary N) is 1. The molecule has 0 aliphatic carbocycles. The Morgan fingerprint density at radius 1 is 1.21 bits per heavy atom. The van der Waals surface area contributed by atoms with Gasteiger partial charge in [0, 0.05) is 17.2 Å². The Kier molecular flexibility index (Phi) is 4.64. The number of benzene rings is 1. The highest BCUT2D eigenvalue weighted by atomic mass is 79.9. The molecule has 2 aromatic rings. The standard InChI is InChI=1S/C15H20BrN3/c1-4-11-8-12(16)6-7-15(11)17-10-14-9-13(5-2)18-19(14)3/h6-9,17H,4-5,10H2,1-3H3. The zero-order valence-corrected chi connectivity index (χ0v) is 13.3. The summed E-state index contributed by atoms with van der Waals surface area (Å²) in [5.74, 6) is 0. The van der Waals surface area contributed by atoms with Crippen LogP contribution in [0, 0.1) is 0 Å². The van der Waals surface area contributed by atoms with Crippen molar-refractivity contribution in [2.45, 2.75) is 33.2 Å². The average Bonchev–Trinajstić information content (AvgIpc) is 2.78. The maximum Gasteiger partial charge on any atom is 0.0625 e. The number of hydrogen-bond donors (Lipinski definition) is 1. The van der Waals surface area contributed by atoms with Crippen molar-refractivity contribution < 1.29 is 0 Å². The van der Waals surface area contributed by atoms with E-state index < -0.39 is 0 Å². The summed E-state index contributed by atoms with van der Waals surface area (Å²) in [6.07, 6.45) is 2.00. The molecule has 19 heavy (non-hydrogen) atoms. The molecule has 1 aromatic carbocycles. The van der Waals surface area contributed by atoms with Crippen molar-refractivity contribution in [1.82, 2.24) is 9.78 Å². The summed E-state index contributed by atoms with van der Waals surface area (Å²) in [5, 5.41) is 7.97. The van der Waals surface area contributed by atoms with Gasteiger partial charge in [-0.3, -0.25) is 4.68 Å². The van der Waals surface area contributed by atoms with E-state index in [1.54, 1.807) is 0 Å². The first-order valence-electron chi connectivity index (χ1n) is 6.68. The van der Waals surface area contributed by atoms with Gasteiger partial charge in [0.15, 0.2) is 0 Å². The van der Waals surface area contributed by atoms with Crippen molar-refractivity contribution in [3.8, 4) is 0 Å². The van der Waals surface area contributed by atoms with Gasteiger partial charge in [0.1, 0.15) is 0 Å². The van der Waals surface area contributed by atoms with Crippen molar-refractivity contribution in [2.75, 3.05) is 5.32 Å². The van der Waals surface area contributed by atoms with Crippen molar-refractivity contribution in [3.05, 3.63) is 45.7 Å². The van der Waals surface area contributed by atoms with Gasteiger partial charge in [-0.15, -0.1) is 0 Å². The van der Waals surface area contributed by atoms with E-state index in [2.05, 4.69) is 64.5 Å². The molecular weight excluding hydrogens is 302 g/mol. The van der Waals surface area contributed by atoms with Crippen LogP contribution in [0.25, 0.3) is 0 Å². The van der Waals surface area contributed by atoms with Gasteiger partial charge < -0.3 is 5.32 Å². The van der Waals surface area contributed by atoms with E-state index in [4.69, 9.17) is 0 Å². The first kappa shape index (κ1) is 14.1. The molecule has 0 unspecified atom stereocenters. The normalized spacial score (nSPS) is 10.7. The minimum atomic E-state index is 0.804. The van der Waals surface area contributed by atoms with Crippen LogP contribution in [0.3, 0.4) is 0 Å². The zero-order valence-electron chi connectivity index (χ0n) is 11.7. The van der Waals surface area contributed by atoms with E-state index in [-0.39, 0.29) is 0 Å². The Morgan fingerprint density at radius 2 is 2.00 bits per heavy atom. The van der Waals surface area contributed by atoms with Gasteiger partial charge in [0.25, 0.3) is 0 Å². The molecule has 0 fully saturated rings. The Balaban J connectivity index is 2.11. The lowest BCUT2D eigenvalue weighted by atomic mass is 10.1. The number of hydrogen-bond acceptors (Lipinski definition) is 2. The smallest absolute Gasteiger partial charge is 0.0625 e.